The number of carbonyl (C=O) groups is 2. The lowest BCUT2D eigenvalue weighted by molar-refractivity contribution is -0.141. The molecule has 1 aromatic rings. The van der Waals surface area contributed by atoms with E-state index in [0.29, 0.717) is 19.3 Å². The lowest BCUT2D eigenvalue weighted by atomic mass is 9.97. The Morgan fingerprint density at radius 3 is 2.48 bits per heavy atom. The van der Waals surface area contributed by atoms with Crippen LogP contribution in [0.2, 0.25) is 0 Å². The Hall–Kier alpha value is -1.88. The van der Waals surface area contributed by atoms with Crippen molar-refractivity contribution in [3.63, 3.8) is 0 Å². The fourth-order valence-corrected chi connectivity index (χ4v) is 3.63. The number of carboxylic acids is 1. The van der Waals surface area contributed by atoms with Gasteiger partial charge in [0.2, 0.25) is 5.91 Å². The number of carbonyl (C=O) groups excluding carboxylic acids is 1. The van der Waals surface area contributed by atoms with Crippen LogP contribution in [0.5, 0.6) is 0 Å². The van der Waals surface area contributed by atoms with Gasteiger partial charge >= 0.3 is 5.97 Å². The van der Waals surface area contributed by atoms with Gasteiger partial charge in [-0.25, -0.2) is 0 Å². The predicted molar refractivity (Wildman–Crippen MR) is 84.8 cm³/mol. The summed E-state index contributed by atoms with van der Waals surface area (Å²) in [5.74, 6) is -1.43. The van der Waals surface area contributed by atoms with Crippen molar-refractivity contribution in [2.24, 2.45) is 11.8 Å². The standard InChI is InChI=1S/C18H23NO4/c20-17(13-8-9-14(11-13)18(21)22)19-16(15-7-4-10-23-15)12-5-2-1-3-6-12/h1-3,5-6,13-16H,4,7-11H2,(H,19,20)(H,21,22)/t13-,14+,15?,16?/m0/s1. The Bertz CT molecular complexity index is 553. The molecule has 4 atom stereocenters. The van der Waals surface area contributed by atoms with Crippen molar-refractivity contribution in [1.29, 1.82) is 0 Å². The van der Waals surface area contributed by atoms with E-state index in [0.717, 1.165) is 25.0 Å². The molecule has 1 heterocycles. The number of hydrogen-bond acceptors (Lipinski definition) is 3. The molecule has 23 heavy (non-hydrogen) atoms. The summed E-state index contributed by atoms with van der Waals surface area (Å²) in [5.41, 5.74) is 1.04. The van der Waals surface area contributed by atoms with E-state index in [-0.39, 0.29) is 29.9 Å². The van der Waals surface area contributed by atoms with Crippen LogP contribution in [0.4, 0.5) is 0 Å². The molecule has 124 valence electrons. The predicted octanol–water partition coefficient (Wildman–Crippen LogP) is 2.52. The first-order valence-electron chi connectivity index (χ1n) is 8.35. The highest BCUT2D eigenvalue weighted by molar-refractivity contribution is 5.81. The number of nitrogens with one attached hydrogen (secondary N) is 1. The van der Waals surface area contributed by atoms with Crippen LogP contribution in [0.25, 0.3) is 0 Å². The Labute approximate surface area is 136 Å². The highest BCUT2D eigenvalue weighted by atomic mass is 16.5. The van der Waals surface area contributed by atoms with Crippen LogP contribution in [0.3, 0.4) is 0 Å². The summed E-state index contributed by atoms with van der Waals surface area (Å²) in [6, 6.07) is 9.71. The minimum absolute atomic E-state index is 0.00183. The number of ether oxygens (including phenoxy) is 1. The largest absolute Gasteiger partial charge is 0.481 e. The Morgan fingerprint density at radius 2 is 1.87 bits per heavy atom. The van der Waals surface area contributed by atoms with Crippen molar-refractivity contribution in [2.45, 2.75) is 44.2 Å². The molecule has 1 aromatic carbocycles. The fraction of sp³-hybridized carbons (Fsp3) is 0.556. The molecular weight excluding hydrogens is 294 g/mol. The highest BCUT2D eigenvalue weighted by Crippen LogP contribution is 2.33. The lowest BCUT2D eigenvalue weighted by Gasteiger charge is -2.26. The number of hydrogen-bond donors (Lipinski definition) is 2. The zero-order chi connectivity index (χ0) is 16.2. The monoisotopic (exact) mass is 317 g/mol. The van der Waals surface area contributed by atoms with Crippen molar-refractivity contribution < 1.29 is 19.4 Å². The second-order valence-electron chi connectivity index (χ2n) is 6.49. The third-order valence-corrected chi connectivity index (χ3v) is 4.95. The molecule has 1 saturated heterocycles. The summed E-state index contributed by atoms with van der Waals surface area (Å²) in [7, 11) is 0. The van der Waals surface area contributed by atoms with Crippen LogP contribution in [-0.4, -0.2) is 29.7 Å². The SMILES string of the molecule is O=C(O)[C@@H]1CC[C@H](C(=O)NC(c2ccccc2)C2CCCO2)C1. The second-order valence-corrected chi connectivity index (χ2v) is 6.49. The molecule has 3 rings (SSSR count). The maximum atomic E-state index is 12.6. The number of benzene rings is 1. The molecule has 2 aliphatic rings. The number of amides is 1. The first-order valence-corrected chi connectivity index (χ1v) is 8.35. The molecule has 2 fully saturated rings. The minimum atomic E-state index is -0.793. The number of aliphatic carboxylic acids is 1. The summed E-state index contributed by atoms with van der Waals surface area (Å²) in [5, 5.41) is 12.2. The van der Waals surface area contributed by atoms with Gasteiger partial charge in [-0.1, -0.05) is 30.3 Å². The molecule has 1 saturated carbocycles. The van der Waals surface area contributed by atoms with Crippen molar-refractivity contribution >= 4 is 11.9 Å². The second kappa shape index (κ2) is 7.13. The van der Waals surface area contributed by atoms with Crippen molar-refractivity contribution in [3.05, 3.63) is 35.9 Å². The van der Waals surface area contributed by atoms with E-state index >= 15 is 0 Å². The lowest BCUT2D eigenvalue weighted by Crippen LogP contribution is -2.39. The van der Waals surface area contributed by atoms with E-state index in [2.05, 4.69) is 5.32 Å². The van der Waals surface area contributed by atoms with Crippen molar-refractivity contribution in [2.75, 3.05) is 6.61 Å². The normalized spacial score (nSPS) is 28.4. The van der Waals surface area contributed by atoms with Crippen LogP contribution in [-0.2, 0) is 14.3 Å². The minimum Gasteiger partial charge on any atom is -0.481 e. The maximum Gasteiger partial charge on any atom is 0.306 e. The van der Waals surface area contributed by atoms with Crippen LogP contribution < -0.4 is 5.32 Å². The van der Waals surface area contributed by atoms with E-state index in [1.165, 1.54) is 0 Å². The first kappa shape index (κ1) is 16.0. The van der Waals surface area contributed by atoms with Crippen LogP contribution in [0.1, 0.15) is 43.7 Å². The van der Waals surface area contributed by atoms with Gasteiger partial charge in [0.05, 0.1) is 18.1 Å². The highest BCUT2D eigenvalue weighted by Gasteiger charge is 2.36. The molecule has 1 aliphatic heterocycles. The molecule has 1 amide bonds. The molecule has 5 nitrogen and oxygen atoms in total. The van der Waals surface area contributed by atoms with E-state index in [4.69, 9.17) is 9.84 Å². The van der Waals surface area contributed by atoms with E-state index in [9.17, 15) is 9.59 Å². The first-order chi connectivity index (χ1) is 11.1. The topological polar surface area (TPSA) is 75.6 Å². The molecular formula is C18H23NO4. The average molecular weight is 317 g/mol. The molecule has 0 spiro atoms. The molecule has 2 N–H and O–H groups in total. The molecule has 2 unspecified atom stereocenters. The zero-order valence-electron chi connectivity index (χ0n) is 13.1. The average Bonchev–Trinajstić information content (AvgIpc) is 3.24. The molecule has 0 bridgehead atoms. The summed E-state index contributed by atoms with van der Waals surface area (Å²) in [6.45, 7) is 0.731. The molecule has 0 aromatic heterocycles. The van der Waals surface area contributed by atoms with Gasteiger partial charge in [-0.15, -0.1) is 0 Å². The molecule has 5 heteroatoms. The van der Waals surface area contributed by atoms with Crippen LogP contribution in [0, 0.1) is 11.8 Å². The third-order valence-electron chi connectivity index (χ3n) is 4.95. The number of carboxylic acid groups (broad SMARTS) is 1. The maximum absolute atomic E-state index is 12.6. The van der Waals surface area contributed by atoms with Gasteiger partial charge in [0, 0.05) is 12.5 Å². The number of rotatable bonds is 5. The molecule has 1 aliphatic carbocycles. The van der Waals surface area contributed by atoms with Crippen molar-refractivity contribution in [3.8, 4) is 0 Å². The van der Waals surface area contributed by atoms with Crippen molar-refractivity contribution in [1.82, 2.24) is 5.32 Å². The summed E-state index contributed by atoms with van der Waals surface area (Å²) in [4.78, 5) is 23.7. The quantitative estimate of drug-likeness (QED) is 0.875. The van der Waals surface area contributed by atoms with Gasteiger partial charge in [0.15, 0.2) is 0 Å². The summed E-state index contributed by atoms with van der Waals surface area (Å²) in [6.07, 6.45) is 3.61. The van der Waals surface area contributed by atoms with E-state index in [1.54, 1.807) is 0 Å². The summed E-state index contributed by atoms with van der Waals surface area (Å²) >= 11 is 0. The smallest absolute Gasteiger partial charge is 0.306 e. The van der Waals surface area contributed by atoms with E-state index in [1.807, 2.05) is 30.3 Å². The van der Waals surface area contributed by atoms with Gasteiger partial charge in [-0.05, 0) is 37.7 Å². The van der Waals surface area contributed by atoms with Gasteiger partial charge < -0.3 is 15.2 Å². The van der Waals surface area contributed by atoms with Gasteiger partial charge in [0.25, 0.3) is 0 Å². The Morgan fingerprint density at radius 1 is 1.13 bits per heavy atom. The summed E-state index contributed by atoms with van der Waals surface area (Å²) < 4.78 is 5.78. The van der Waals surface area contributed by atoms with Gasteiger partial charge in [-0.3, -0.25) is 9.59 Å². The van der Waals surface area contributed by atoms with Crippen LogP contribution >= 0.6 is 0 Å². The molecule has 0 radical (unpaired) electrons. The zero-order valence-corrected chi connectivity index (χ0v) is 13.1. The third kappa shape index (κ3) is 3.72. The van der Waals surface area contributed by atoms with Gasteiger partial charge in [0.1, 0.15) is 0 Å². The van der Waals surface area contributed by atoms with Crippen LogP contribution in [0.15, 0.2) is 30.3 Å². The fourth-order valence-electron chi connectivity index (χ4n) is 3.63. The Kier molecular flexibility index (Phi) is 4.96. The van der Waals surface area contributed by atoms with E-state index < -0.39 is 5.97 Å². The van der Waals surface area contributed by atoms with Gasteiger partial charge in [-0.2, -0.15) is 0 Å². The Balaban J connectivity index is 1.69.